The van der Waals surface area contributed by atoms with Gasteiger partial charge in [-0.1, -0.05) is 50.0 Å². The molecule has 1 saturated carbocycles. The first kappa shape index (κ1) is 19.8. The number of rotatable bonds is 3. The summed E-state index contributed by atoms with van der Waals surface area (Å²) >= 11 is 0. The molecule has 0 unspecified atom stereocenters. The topological polar surface area (TPSA) is 26.8 Å². The van der Waals surface area contributed by atoms with Gasteiger partial charge in [-0.3, -0.25) is 9.69 Å². The molecule has 4 heteroatoms. The van der Waals surface area contributed by atoms with E-state index in [0.29, 0.717) is 17.9 Å². The molecule has 2 heterocycles. The van der Waals surface area contributed by atoms with Crippen LogP contribution >= 0.6 is 0 Å². The third kappa shape index (κ3) is 4.89. The zero-order valence-corrected chi connectivity index (χ0v) is 17.4. The van der Waals surface area contributed by atoms with Crippen molar-refractivity contribution in [3.05, 3.63) is 36.1 Å². The fourth-order valence-corrected chi connectivity index (χ4v) is 5.18. The number of allylic oxidation sites excluding steroid dienone is 6. The van der Waals surface area contributed by atoms with E-state index in [-0.39, 0.29) is 0 Å². The highest BCUT2D eigenvalue weighted by molar-refractivity contribution is 5.79. The SMILES string of the molecule is O=C(C1CCCCCC1)N1CC(N2CCN(/C3=C/C=C\C=C\CCC3)CC2)C1. The highest BCUT2D eigenvalue weighted by atomic mass is 16.2. The number of likely N-dealkylation sites (tertiary alicyclic amines) is 1. The average molecular weight is 384 g/mol. The van der Waals surface area contributed by atoms with E-state index in [1.807, 2.05) is 0 Å². The van der Waals surface area contributed by atoms with Gasteiger partial charge >= 0.3 is 0 Å². The molecule has 154 valence electrons. The Balaban J connectivity index is 1.22. The van der Waals surface area contributed by atoms with Gasteiger partial charge in [0.15, 0.2) is 0 Å². The number of carbonyl (C=O) groups is 1. The fourth-order valence-electron chi connectivity index (χ4n) is 5.18. The van der Waals surface area contributed by atoms with Crippen LogP contribution in [0.15, 0.2) is 36.1 Å². The van der Waals surface area contributed by atoms with Crippen LogP contribution in [0.3, 0.4) is 0 Å². The minimum atomic E-state index is 0.318. The van der Waals surface area contributed by atoms with Crippen molar-refractivity contribution < 1.29 is 4.79 Å². The van der Waals surface area contributed by atoms with E-state index in [9.17, 15) is 4.79 Å². The van der Waals surface area contributed by atoms with Crippen LogP contribution in [-0.2, 0) is 4.79 Å². The van der Waals surface area contributed by atoms with Crippen molar-refractivity contribution in [3.63, 3.8) is 0 Å². The fraction of sp³-hybridized carbons (Fsp3) is 0.708. The Morgan fingerprint density at radius 3 is 2.36 bits per heavy atom. The van der Waals surface area contributed by atoms with Crippen LogP contribution in [0.4, 0.5) is 0 Å². The summed E-state index contributed by atoms with van der Waals surface area (Å²) < 4.78 is 0. The van der Waals surface area contributed by atoms with Crippen molar-refractivity contribution in [2.75, 3.05) is 39.3 Å². The summed E-state index contributed by atoms with van der Waals surface area (Å²) in [4.78, 5) is 20.1. The molecule has 0 aromatic carbocycles. The standard InChI is InChI=1S/C24H37N3O/c28-24(21-11-7-5-6-8-12-21)27-19-23(20-27)26-17-15-25(16-18-26)22-13-9-3-1-2-4-10-14-22/h1-3,9,13,21,23H,4-8,10-12,14-20H2/b2-1+,9-3-,22-13+. The summed E-state index contributed by atoms with van der Waals surface area (Å²) in [5.74, 6) is 0.770. The van der Waals surface area contributed by atoms with Crippen molar-refractivity contribution in [2.24, 2.45) is 5.92 Å². The van der Waals surface area contributed by atoms with Gasteiger partial charge in [0.05, 0.1) is 0 Å². The van der Waals surface area contributed by atoms with E-state index in [0.717, 1.165) is 52.1 Å². The van der Waals surface area contributed by atoms with Crippen LogP contribution in [0, 0.1) is 5.92 Å². The van der Waals surface area contributed by atoms with Crippen molar-refractivity contribution in [3.8, 4) is 0 Å². The number of piperazine rings is 1. The van der Waals surface area contributed by atoms with Gasteiger partial charge in [0.2, 0.25) is 5.91 Å². The molecule has 4 aliphatic rings. The molecule has 0 bridgehead atoms. The molecule has 0 spiro atoms. The number of hydrogen-bond acceptors (Lipinski definition) is 3. The maximum absolute atomic E-state index is 12.8. The van der Waals surface area contributed by atoms with Crippen molar-refractivity contribution in [1.82, 2.24) is 14.7 Å². The monoisotopic (exact) mass is 383 g/mol. The Hall–Kier alpha value is -1.55. The highest BCUT2D eigenvalue weighted by Crippen LogP contribution is 2.28. The maximum Gasteiger partial charge on any atom is 0.225 e. The van der Waals surface area contributed by atoms with Gasteiger partial charge in [-0.2, -0.15) is 0 Å². The van der Waals surface area contributed by atoms with Crippen molar-refractivity contribution in [1.29, 1.82) is 0 Å². The molecule has 2 saturated heterocycles. The van der Waals surface area contributed by atoms with Crippen molar-refractivity contribution >= 4 is 5.91 Å². The van der Waals surface area contributed by atoms with E-state index in [2.05, 4.69) is 45.1 Å². The van der Waals surface area contributed by atoms with Crippen LogP contribution in [0.25, 0.3) is 0 Å². The summed E-state index contributed by atoms with van der Waals surface area (Å²) in [7, 11) is 0. The smallest absolute Gasteiger partial charge is 0.225 e. The van der Waals surface area contributed by atoms with Gasteiger partial charge in [0.1, 0.15) is 0 Å². The normalized spacial score (nSPS) is 30.2. The van der Waals surface area contributed by atoms with E-state index >= 15 is 0 Å². The zero-order valence-electron chi connectivity index (χ0n) is 17.4. The van der Waals surface area contributed by atoms with E-state index in [1.54, 1.807) is 0 Å². The first-order chi connectivity index (χ1) is 13.8. The molecule has 0 atom stereocenters. The molecule has 1 amide bonds. The third-order valence-electron chi connectivity index (χ3n) is 7.07. The average Bonchev–Trinajstić information content (AvgIpc) is 2.88. The van der Waals surface area contributed by atoms with Gasteiger partial charge < -0.3 is 9.80 Å². The summed E-state index contributed by atoms with van der Waals surface area (Å²) in [6.45, 7) is 6.45. The summed E-state index contributed by atoms with van der Waals surface area (Å²) in [5, 5.41) is 0. The number of hydrogen-bond donors (Lipinski definition) is 0. The second kappa shape index (κ2) is 9.78. The van der Waals surface area contributed by atoms with Gasteiger partial charge in [-0.25, -0.2) is 0 Å². The summed E-state index contributed by atoms with van der Waals surface area (Å²) in [6, 6.07) is 0.593. The molecule has 4 rings (SSSR count). The van der Waals surface area contributed by atoms with E-state index in [1.165, 1.54) is 50.6 Å². The molecule has 0 N–H and O–H groups in total. The summed E-state index contributed by atoms with van der Waals surface area (Å²) in [6.07, 6.45) is 22.0. The lowest BCUT2D eigenvalue weighted by Gasteiger charge is -2.49. The van der Waals surface area contributed by atoms with Gasteiger partial charge in [-0.15, -0.1) is 0 Å². The Kier molecular flexibility index (Phi) is 6.90. The lowest BCUT2D eigenvalue weighted by atomic mass is 9.95. The summed E-state index contributed by atoms with van der Waals surface area (Å²) in [5.41, 5.74) is 1.50. The first-order valence-corrected chi connectivity index (χ1v) is 11.6. The molecule has 4 nitrogen and oxygen atoms in total. The molecule has 2 aliphatic carbocycles. The van der Waals surface area contributed by atoms with Crippen LogP contribution in [0.1, 0.15) is 57.8 Å². The van der Waals surface area contributed by atoms with Gasteiger partial charge in [0.25, 0.3) is 0 Å². The van der Waals surface area contributed by atoms with E-state index < -0.39 is 0 Å². The Labute approximate surface area is 170 Å². The van der Waals surface area contributed by atoms with Crippen molar-refractivity contribution in [2.45, 2.75) is 63.8 Å². The van der Waals surface area contributed by atoms with Gasteiger partial charge in [-0.05, 0) is 38.2 Å². The molecule has 3 fully saturated rings. The molecule has 28 heavy (non-hydrogen) atoms. The predicted octanol–water partition coefficient (Wildman–Crippen LogP) is 3.97. The molecule has 0 radical (unpaired) electrons. The van der Waals surface area contributed by atoms with Crippen LogP contribution in [0.5, 0.6) is 0 Å². The van der Waals surface area contributed by atoms with Crippen LogP contribution in [0.2, 0.25) is 0 Å². The molecule has 0 aromatic heterocycles. The largest absolute Gasteiger partial charge is 0.372 e. The highest BCUT2D eigenvalue weighted by Gasteiger charge is 2.38. The maximum atomic E-state index is 12.8. The minimum absolute atomic E-state index is 0.318. The minimum Gasteiger partial charge on any atom is -0.372 e. The second-order valence-corrected chi connectivity index (χ2v) is 8.97. The third-order valence-corrected chi connectivity index (χ3v) is 7.07. The lowest BCUT2D eigenvalue weighted by Crippen LogP contribution is -2.64. The lowest BCUT2D eigenvalue weighted by molar-refractivity contribution is -0.144. The zero-order chi connectivity index (χ0) is 19.2. The molecule has 2 aliphatic heterocycles. The predicted molar refractivity (Wildman–Crippen MR) is 115 cm³/mol. The molecule has 0 aromatic rings. The number of amides is 1. The number of nitrogens with zero attached hydrogens (tertiary/aromatic N) is 3. The first-order valence-electron chi connectivity index (χ1n) is 11.6. The Morgan fingerprint density at radius 1 is 0.857 bits per heavy atom. The molecular formula is C24H37N3O. The molecular weight excluding hydrogens is 346 g/mol. The number of carbonyl (C=O) groups excluding carboxylic acids is 1. The van der Waals surface area contributed by atoms with Crippen LogP contribution in [-0.4, -0.2) is 65.9 Å². The Bertz CT molecular complexity index is 601. The quantitative estimate of drug-likeness (QED) is 0.690. The second-order valence-electron chi connectivity index (χ2n) is 8.97. The Morgan fingerprint density at radius 2 is 1.61 bits per heavy atom. The van der Waals surface area contributed by atoms with E-state index in [4.69, 9.17) is 0 Å². The van der Waals surface area contributed by atoms with Crippen LogP contribution < -0.4 is 0 Å². The van der Waals surface area contributed by atoms with Gasteiger partial charge in [0, 0.05) is 56.9 Å².